The summed E-state index contributed by atoms with van der Waals surface area (Å²) in [5.41, 5.74) is 2.55. The largest absolute Gasteiger partial charge is 0.373 e. The molecule has 0 aromatic heterocycles. The normalized spacial score (nSPS) is 24.4. The van der Waals surface area contributed by atoms with Gasteiger partial charge in [-0.05, 0) is 104 Å². The summed E-state index contributed by atoms with van der Waals surface area (Å²) in [6.07, 6.45) is 4.62. The average molecular weight is 545 g/mol. The van der Waals surface area contributed by atoms with E-state index >= 15 is 4.39 Å². The Hall–Kier alpha value is -3.06. The Labute approximate surface area is 224 Å². The molecule has 3 aromatic carbocycles. The standard InChI is InChI=1S/C32H30F6O/c1-18(33)31(37)22-8-4-19(5-9-22)23-10-12-26(27(34)14-23)21-6-2-20(3-7-21)24-11-13-30(39-17-24)25-15-28(35)32(38)29(36)16-25/h4-5,8-10,12,14-16,20-21,24,30H,2-3,6-7,11,13,17H2,1H3/b31-18+. The van der Waals surface area contributed by atoms with Gasteiger partial charge in [-0.15, -0.1) is 0 Å². The molecule has 3 aromatic rings. The van der Waals surface area contributed by atoms with Crippen LogP contribution >= 0.6 is 0 Å². The molecule has 7 heteroatoms. The smallest absolute Gasteiger partial charge is 0.194 e. The Morgan fingerprint density at radius 3 is 1.87 bits per heavy atom. The molecule has 0 N–H and O–H groups in total. The first-order valence-corrected chi connectivity index (χ1v) is 13.4. The lowest BCUT2D eigenvalue weighted by Crippen LogP contribution is -2.29. The van der Waals surface area contributed by atoms with E-state index in [4.69, 9.17) is 4.74 Å². The van der Waals surface area contributed by atoms with Crippen molar-refractivity contribution in [1.82, 2.24) is 0 Å². The fourth-order valence-corrected chi connectivity index (χ4v) is 6.11. The summed E-state index contributed by atoms with van der Waals surface area (Å²) in [6, 6.07) is 13.5. The minimum atomic E-state index is -1.47. The van der Waals surface area contributed by atoms with Crippen LogP contribution in [0.15, 0.2) is 60.4 Å². The van der Waals surface area contributed by atoms with Gasteiger partial charge in [-0.25, -0.2) is 26.3 Å². The van der Waals surface area contributed by atoms with E-state index in [9.17, 15) is 22.0 Å². The number of allylic oxidation sites excluding steroid dienone is 1. The fraction of sp³-hybridized carbons (Fsp3) is 0.375. The van der Waals surface area contributed by atoms with Crippen molar-refractivity contribution < 1.29 is 31.1 Å². The Balaban J connectivity index is 1.16. The van der Waals surface area contributed by atoms with Gasteiger partial charge in [-0.1, -0.05) is 36.4 Å². The molecule has 39 heavy (non-hydrogen) atoms. The Morgan fingerprint density at radius 1 is 0.692 bits per heavy atom. The lowest BCUT2D eigenvalue weighted by Gasteiger charge is -2.38. The first kappa shape index (κ1) is 27.5. The number of hydrogen-bond acceptors (Lipinski definition) is 1. The highest BCUT2D eigenvalue weighted by Gasteiger charge is 2.33. The third-order valence-corrected chi connectivity index (χ3v) is 8.34. The molecule has 5 rings (SSSR count). The Kier molecular flexibility index (Phi) is 8.17. The number of rotatable bonds is 5. The van der Waals surface area contributed by atoms with Gasteiger partial charge in [0.05, 0.1) is 12.7 Å². The van der Waals surface area contributed by atoms with E-state index in [-0.39, 0.29) is 17.3 Å². The zero-order valence-corrected chi connectivity index (χ0v) is 21.6. The lowest BCUT2D eigenvalue weighted by atomic mass is 9.72. The van der Waals surface area contributed by atoms with Crippen molar-refractivity contribution in [2.45, 2.75) is 57.5 Å². The third-order valence-electron chi connectivity index (χ3n) is 8.34. The zero-order valence-electron chi connectivity index (χ0n) is 21.6. The minimum Gasteiger partial charge on any atom is -0.373 e. The van der Waals surface area contributed by atoms with E-state index in [1.165, 1.54) is 18.2 Å². The van der Waals surface area contributed by atoms with Gasteiger partial charge in [0.2, 0.25) is 0 Å². The average Bonchev–Trinajstić information content (AvgIpc) is 2.95. The van der Waals surface area contributed by atoms with Gasteiger partial charge in [0.25, 0.3) is 0 Å². The first-order chi connectivity index (χ1) is 18.7. The highest BCUT2D eigenvalue weighted by molar-refractivity contribution is 5.68. The van der Waals surface area contributed by atoms with Crippen LogP contribution in [0.3, 0.4) is 0 Å². The maximum atomic E-state index is 15.2. The van der Waals surface area contributed by atoms with Crippen molar-refractivity contribution in [2.75, 3.05) is 6.61 Å². The molecule has 2 aliphatic rings. The zero-order chi connectivity index (χ0) is 27.7. The summed E-state index contributed by atoms with van der Waals surface area (Å²) in [5, 5.41) is 0. The molecule has 1 nitrogen and oxygen atoms in total. The molecule has 2 atom stereocenters. The van der Waals surface area contributed by atoms with E-state index < -0.39 is 35.2 Å². The molecule has 0 bridgehead atoms. The van der Waals surface area contributed by atoms with Crippen LogP contribution in [0.5, 0.6) is 0 Å². The van der Waals surface area contributed by atoms with Crippen molar-refractivity contribution in [3.63, 3.8) is 0 Å². The second-order valence-electron chi connectivity index (χ2n) is 10.7. The molecule has 0 amide bonds. The second-order valence-corrected chi connectivity index (χ2v) is 10.7. The van der Waals surface area contributed by atoms with Crippen LogP contribution in [0, 0.1) is 35.1 Å². The van der Waals surface area contributed by atoms with Crippen LogP contribution in [-0.4, -0.2) is 6.61 Å². The molecule has 2 fully saturated rings. The lowest BCUT2D eigenvalue weighted by molar-refractivity contribution is -0.0394. The predicted molar refractivity (Wildman–Crippen MR) is 139 cm³/mol. The molecule has 0 radical (unpaired) electrons. The van der Waals surface area contributed by atoms with E-state index in [0.717, 1.165) is 56.7 Å². The minimum absolute atomic E-state index is 0.117. The topological polar surface area (TPSA) is 9.23 Å². The molecule has 1 aliphatic carbocycles. The van der Waals surface area contributed by atoms with Crippen LogP contribution in [-0.2, 0) is 4.74 Å². The summed E-state index contributed by atoms with van der Waals surface area (Å²) >= 11 is 0. The maximum Gasteiger partial charge on any atom is 0.194 e. The van der Waals surface area contributed by atoms with Gasteiger partial charge in [0.1, 0.15) is 11.6 Å². The predicted octanol–water partition coefficient (Wildman–Crippen LogP) is 9.98. The molecule has 0 spiro atoms. The van der Waals surface area contributed by atoms with Gasteiger partial charge < -0.3 is 4.74 Å². The summed E-state index contributed by atoms with van der Waals surface area (Å²) in [4.78, 5) is 0. The van der Waals surface area contributed by atoms with E-state index in [0.29, 0.717) is 41.6 Å². The fourth-order valence-electron chi connectivity index (χ4n) is 6.11. The third kappa shape index (κ3) is 5.93. The van der Waals surface area contributed by atoms with Gasteiger partial charge in [-0.2, -0.15) is 0 Å². The van der Waals surface area contributed by atoms with Crippen molar-refractivity contribution in [1.29, 1.82) is 0 Å². The summed E-state index contributed by atoms with van der Waals surface area (Å²) in [7, 11) is 0. The number of ether oxygens (including phenoxy) is 1. The maximum absolute atomic E-state index is 15.2. The summed E-state index contributed by atoms with van der Waals surface area (Å²) in [6.45, 7) is 1.54. The van der Waals surface area contributed by atoms with Crippen LogP contribution in [0.4, 0.5) is 26.3 Å². The second kappa shape index (κ2) is 11.6. The number of benzene rings is 3. The van der Waals surface area contributed by atoms with Crippen LogP contribution in [0.25, 0.3) is 17.0 Å². The van der Waals surface area contributed by atoms with Crippen molar-refractivity contribution in [3.05, 3.63) is 100 Å². The van der Waals surface area contributed by atoms with Gasteiger partial charge in [0.15, 0.2) is 23.3 Å². The van der Waals surface area contributed by atoms with Crippen LogP contribution in [0.2, 0.25) is 0 Å². The van der Waals surface area contributed by atoms with E-state index in [1.807, 2.05) is 12.1 Å². The first-order valence-electron chi connectivity index (χ1n) is 13.4. The molecule has 2 unspecified atom stereocenters. The van der Waals surface area contributed by atoms with Crippen molar-refractivity contribution in [3.8, 4) is 11.1 Å². The number of hydrogen-bond donors (Lipinski definition) is 0. The van der Waals surface area contributed by atoms with Gasteiger partial charge in [0, 0.05) is 5.56 Å². The summed E-state index contributed by atoms with van der Waals surface area (Å²) in [5.74, 6) is -5.06. The highest BCUT2D eigenvalue weighted by Crippen LogP contribution is 2.44. The SMILES string of the molecule is C/C(F)=C(\F)c1ccc(-c2ccc(C3CCC(C4CCC(c5cc(F)c(F)c(F)c5)OC4)CC3)c(F)c2)cc1. The Bertz CT molecular complexity index is 1320. The molecule has 1 saturated carbocycles. The Morgan fingerprint density at radius 2 is 1.31 bits per heavy atom. The monoisotopic (exact) mass is 544 g/mol. The van der Waals surface area contributed by atoms with Crippen molar-refractivity contribution in [2.24, 2.45) is 11.8 Å². The quantitative estimate of drug-likeness (QED) is 0.229. The summed E-state index contributed by atoms with van der Waals surface area (Å²) < 4.78 is 88.5. The van der Waals surface area contributed by atoms with Crippen molar-refractivity contribution >= 4 is 5.83 Å². The van der Waals surface area contributed by atoms with Gasteiger partial charge in [-0.3, -0.25) is 0 Å². The molecular weight excluding hydrogens is 514 g/mol. The van der Waals surface area contributed by atoms with E-state index in [1.54, 1.807) is 12.1 Å². The number of halogens is 6. The molecule has 1 aliphatic heterocycles. The van der Waals surface area contributed by atoms with Gasteiger partial charge >= 0.3 is 0 Å². The van der Waals surface area contributed by atoms with Crippen LogP contribution < -0.4 is 0 Å². The highest BCUT2D eigenvalue weighted by atomic mass is 19.2. The molecule has 206 valence electrons. The molecular formula is C32H30F6O. The molecule has 1 heterocycles. The molecule has 1 saturated heterocycles. The van der Waals surface area contributed by atoms with E-state index in [2.05, 4.69) is 0 Å². The van der Waals surface area contributed by atoms with Crippen LogP contribution in [0.1, 0.15) is 74.2 Å².